The molecule has 2 nitrogen and oxygen atoms in total. The van der Waals surface area contributed by atoms with Crippen molar-refractivity contribution in [2.45, 2.75) is 24.3 Å². The fraction of sp³-hybridized carbons (Fsp3) is 0.818. The largest absolute Gasteiger partial charge is 0.370 e. The second-order valence-corrected chi connectivity index (χ2v) is 7.48. The van der Waals surface area contributed by atoms with Gasteiger partial charge in [-0.05, 0) is 25.2 Å². The summed E-state index contributed by atoms with van der Waals surface area (Å²) in [6, 6.07) is 0. The van der Waals surface area contributed by atoms with E-state index in [4.69, 9.17) is 0 Å². The standard InChI is InChI=1S/C11H18N2S2/c1-8-9(13(2)7-12-8)10-14-5-11(3-4-11)6-15-10/h10,12H,3-7H2,1-2H3. The first-order valence-electron chi connectivity index (χ1n) is 5.59. The highest BCUT2D eigenvalue weighted by Crippen LogP contribution is 2.57. The second kappa shape index (κ2) is 3.52. The zero-order chi connectivity index (χ0) is 10.5. The van der Waals surface area contributed by atoms with E-state index in [1.54, 1.807) is 0 Å². The Hall–Kier alpha value is 0.0400. The SMILES string of the molecule is CC1=C(C2SCC3(CC3)CS2)N(C)CN1. The van der Waals surface area contributed by atoms with E-state index in [-0.39, 0.29) is 0 Å². The topological polar surface area (TPSA) is 15.3 Å². The number of rotatable bonds is 1. The van der Waals surface area contributed by atoms with Gasteiger partial charge in [-0.15, -0.1) is 23.5 Å². The molecule has 3 rings (SSSR count). The number of nitrogens with zero attached hydrogens (tertiary/aromatic N) is 1. The number of nitrogens with one attached hydrogen (secondary N) is 1. The fourth-order valence-corrected chi connectivity index (χ4v) is 6.02. The third kappa shape index (κ3) is 1.76. The minimum Gasteiger partial charge on any atom is -0.370 e. The van der Waals surface area contributed by atoms with E-state index in [0.717, 1.165) is 12.1 Å². The maximum Gasteiger partial charge on any atom is 0.0916 e. The molecule has 2 heterocycles. The molecular weight excluding hydrogens is 224 g/mol. The van der Waals surface area contributed by atoms with E-state index >= 15 is 0 Å². The van der Waals surface area contributed by atoms with Crippen molar-refractivity contribution in [2.24, 2.45) is 5.41 Å². The Balaban J connectivity index is 1.70. The molecule has 0 amide bonds. The van der Waals surface area contributed by atoms with Crippen LogP contribution in [0.4, 0.5) is 0 Å². The summed E-state index contributed by atoms with van der Waals surface area (Å²) in [5.74, 6) is 2.77. The van der Waals surface area contributed by atoms with Crippen LogP contribution >= 0.6 is 23.5 Å². The molecule has 1 spiro atoms. The zero-order valence-electron chi connectivity index (χ0n) is 9.38. The summed E-state index contributed by atoms with van der Waals surface area (Å²) >= 11 is 4.32. The van der Waals surface area contributed by atoms with Gasteiger partial charge in [-0.3, -0.25) is 0 Å². The van der Waals surface area contributed by atoms with Crippen molar-refractivity contribution >= 4 is 23.5 Å². The quantitative estimate of drug-likeness (QED) is 0.758. The molecular formula is C11H18N2S2. The Morgan fingerprint density at radius 1 is 1.33 bits per heavy atom. The average Bonchev–Trinajstić information content (AvgIpc) is 2.90. The molecule has 1 aliphatic carbocycles. The van der Waals surface area contributed by atoms with Crippen LogP contribution in [-0.4, -0.2) is 34.7 Å². The van der Waals surface area contributed by atoms with Crippen molar-refractivity contribution < 1.29 is 0 Å². The third-order valence-corrected chi connectivity index (χ3v) is 7.07. The van der Waals surface area contributed by atoms with Crippen LogP contribution in [0.25, 0.3) is 0 Å². The molecule has 2 fully saturated rings. The molecule has 0 aromatic carbocycles. The molecule has 4 heteroatoms. The van der Waals surface area contributed by atoms with Gasteiger partial charge in [-0.1, -0.05) is 0 Å². The molecule has 0 aromatic heterocycles. The van der Waals surface area contributed by atoms with Crippen LogP contribution in [0, 0.1) is 5.41 Å². The molecule has 84 valence electrons. The van der Waals surface area contributed by atoms with Crippen molar-refractivity contribution in [2.75, 3.05) is 25.2 Å². The first-order chi connectivity index (χ1) is 7.20. The molecule has 0 bridgehead atoms. The molecule has 1 saturated carbocycles. The fourth-order valence-electron chi connectivity index (χ4n) is 2.27. The Kier molecular flexibility index (Phi) is 2.40. The molecule has 0 unspecified atom stereocenters. The summed E-state index contributed by atoms with van der Waals surface area (Å²) in [7, 11) is 2.20. The van der Waals surface area contributed by atoms with Crippen LogP contribution in [0.1, 0.15) is 19.8 Å². The highest BCUT2D eigenvalue weighted by atomic mass is 32.2. The minimum atomic E-state index is 0.677. The number of hydrogen-bond acceptors (Lipinski definition) is 4. The molecule has 0 radical (unpaired) electrons. The second-order valence-electron chi connectivity index (χ2n) is 5.00. The number of allylic oxidation sites excluding steroid dienone is 1. The highest BCUT2D eigenvalue weighted by molar-refractivity contribution is 8.17. The van der Waals surface area contributed by atoms with Gasteiger partial charge in [-0.2, -0.15) is 0 Å². The lowest BCUT2D eigenvalue weighted by Gasteiger charge is -2.31. The summed E-state index contributed by atoms with van der Waals surface area (Å²) in [5.41, 5.74) is 3.67. The van der Waals surface area contributed by atoms with Crippen molar-refractivity contribution in [1.82, 2.24) is 10.2 Å². The molecule has 1 saturated heterocycles. The van der Waals surface area contributed by atoms with Gasteiger partial charge in [0, 0.05) is 24.3 Å². The Morgan fingerprint density at radius 3 is 2.47 bits per heavy atom. The molecule has 2 aliphatic heterocycles. The van der Waals surface area contributed by atoms with E-state index in [0.29, 0.717) is 4.58 Å². The first-order valence-corrected chi connectivity index (χ1v) is 7.69. The van der Waals surface area contributed by atoms with Crippen molar-refractivity contribution in [3.05, 3.63) is 11.4 Å². The summed E-state index contributed by atoms with van der Waals surface area (Å²) in [6.07, 6.45) is 2.96. The van der Waals surface area contributed by atoms with Crippen LogP contribution < -0.4 is 5.32 Å². The molecule has 15 heavy (non-hydrogen) atoms. The van der Waals surface area contributed by atoms with Gasteiger partial charge >= 0.3 is 0 Å². The normalized spacial score (nSPS) is 29.9. The van der Waals surface area contributed by atoms with Gasteiger partial charge in [0.05, 0.1) is 16.9 Å². The van der Waals surface area contributed by atoms with E-state index in [1.165, 1.54) is 35.7 Å². The maximum atomic E-state index is 3.43. The number of hydrogen-bond donors (Lipinski definition) is 1. The van der Waals surface area contributed by atoms with Crippen LogP contribution in [0.5, 0.6) is 0 Å². The van der Waals surface area contributed by atoms with E-state index in [2.05, 4.69) is 47.7 Å². The van der Waals surface area contributed by atoms with Crippen molar-refractivity contribution in [3.63, 3.8) is 0 Å². The van der Waals surface area contributed by atoms with Gasteiger partial charge < -0.3 is 10.2 Å². The smallest absolute Gasteiger partial charge is 0.0916 e. The molecule has 0 atom stereocenters. The van der Waals surface area contributed by atoms with Crippen molar-refractivity contribution in [1.29, 1.82) is 0 Å². The van der Waals surface area contributed by atoms with Crippen LogP contribution in [0.2, 0.25) is 0 Å². The predicted molar refractivity (Wildman–Crippen MR) is 68.8 cm³/mol. The van der Waals surface area contributed by atoms with Crippen LogP contribution in [0.15, 0.2) is 11.4 Å². The zero-order valence-corrected chi connectivity index (χ0v) is 11.0. The maximum absolute atomic E-state index is 3.43. The first kappa shape index (κ1) is 10.2. The summed E-state index contributed by atoms with van der Waals surface area (Å²) in [4.78, 5) is 2.37. The summed E-state index contributed by atoms with van der Waals surface area (Å²) in [5, 5.41) is 3.43. The van der Waals surface area contributed by atoms with Gasteiger partial charge in [-0.25, -0.2) is 0 Å². The van der Waals surface area contributed by atoms with Gasteiger partial charge in [0.15, 0.2) is 0 Å². The Morgan fingerprint density at radius 2 is 2.00 bits per heavy atom. The Labute approximate surface area is 100 Å². The summed E-state index contributed by atoms with van der Waals surface area (Å²) < 4.78 is 0.677. The lowest BCUT2D eigenvalue weighted by atomic mass is 10.2. The van der Waals surface area contributed by atoms with E-state index in [1.807, 2.05) is 0 Å². The third-order valence-electron chi connectivity index (χ3n) is 3.64. The van der Waals surface area contributed by atoms with Crippen molar-refractivity contribution in [3.8, 4) is 0 Å². The molecule has 0 aromatic rings. The van der Waals surface area contributed by atoms with E-state index in [9.17, 15) is 0 Å². The molecule has 3 aliphatic rings. The van der Waals surface area contributed by atoms with Crippen LogP contribution in [0.3, 0.4) is 0 Å². The lowest BCUT2D eigenvalue weighted by molar-refractivity contribution is 0.440. The summed E-state index contributed by atoms with van der Waals surface area (Å²) in [6.45, 7) is 3.20. The van der Waals surface area contributed by atoms with E-state index < -0.39 is 0 Å². The number of thioether (sulfide) groups is 2. The Bertz CT molecular complexity index is 300. The monoisotopic (exact) mass is 242 g/mol. The van der Waals surface area contributed by atoms with Crippen LogP contribution in [-0.2, 0) is 0 Å². The molecule has 1 N–H and O–H groups in total. The minimum absolute atomic E-state index is 0.677. The van der Waals surface area contributed by atoms with Gasteiger partial charge in [0.2, 0.25) is 0 Å². The highest BCUT2D eigenvalue weighted by Gasteiger charge is 2.47. The lowest BCUT2D eigenvalue weighted by Crippen LogP contribution is -2.26. The predicted octanol–water partition coefficient (Wildman–Crippen LogP) is 2.30. The van der Waals surface area contributed by atoms with Gasteiger partial charge in [0.25, 0.3) is 0 Å². The van der Waals surface area contributed by atoms with Gasteiger partial charge in [0.1, 0.15) is 0 Å². The average molecular weight is 242 g/mol.